The van der Waals surface area contributed by atoms with Gasteiger partial charge in [0.25, 0.3) is 5.66 Å². The van der Waals surface area contributed by atoms with E-state index < -0.39 is 11.7 Å². The number of allylic oxidation sites excluding steroid dienone is 1. The van der Waals surface area contributed by atoms with E-state index in [0.29, 0.717) is 22.6 Å². The van der Waals surface area contributed by atoms with Gasteiger partial charge >= 0.3 is 0 Å². The maximum atomic E-state index is 12.9. The van der Waals surface area contributed by atoms with Crippen LogP contribution in [0, 0.1) is 5.92 Å². The van der Waals surface area contributed by atoms with Gasteiger partial charge in [-0.2, -0.15) is 0 Å². The smallest absolute Gasteiger partial charge is 0.259 e. The molecule has 0 spiro atoms. The molecule has 140 valence electrons. The monoisotopic (exact) mass is 400 g/mol. The van der Waals surface area contributed by atoms with E-state index in [-0.39, 0.29) is 24.7 Å². The highest BCUT2D eigenvalue weighted by Crippen LogP contribution is 2.34. The molecule has 1 N–H and O–H groups in total. The number of anilines is 1. The van der Waals surface area contributed by atoms with Crippen LogP contribution in [0.5, 0.6) is 0 Å². The number of rotatable bonds is 9. The number of nitrogens with one attached hydrogen (secondary N) is 1. The summed E-state index contributed by atoms with van der Waals surface area (Å²) in [6, 6.07) is 4.38. The van der Waals surface area contributed by atoms with Crippen LogP contribution in [-0.2, 0) is 9.59 Å². The molecule has 0 saturated heterocycles. The van der Waals surface area contributed by atoms with Crippen molar-refractivity contribution < 1.29 is 18.4 Å². The Morgan fingerprint density at radius 3 is 2.81 bits per heavy atom. The first-order valence-electron chi connectivity index (χ1n) is 8.21. The lowest BCUT2D eigenvalue weighted by Crippen LogP contribution is -2.15. The van der Waals surface area contributed by atoms with Gasteiger partial charge in [-0.1, -0.05) is 33.0 Å². The van der Waals surface area contributed by atoms with Gasteiger partial charge in [0.15, 0.2) is 0 Å². The summed E-state index contributed by atoms with van der Waals surface area (Å²) >= 11 is 6.03. The van der Waals surface area contributed by atoms with Gasteiger partial charge in [-0.3, -0.25) is 14.6 Å². The lowest BCUT2D eigenvalue weighted by atomic mass is 10.0. The fourth-order valence-corrected chi connectivity index (χ4v) is 2.64. The molecule has 0 heterocycles. The van der Waals surface area contributed by atoms with Crippen LogP contribution >= 0.6 is 20.8 Å². The lowest BCUT2D eigenvalue weighted by Gasteiger charge is -2.16. The van der Waals surface area contributed by atoms with Crippen LogP contribution < -0.4 is 5.32 Å². The third kappa shape index (κ3) is 6.93. The van der Waals surface area contributed by atoms with Gasteiger partial charge in [-0.15, -0.1) is 0 Å². The van der Waals surface area contributed by atoms with E-state index in [0.717, 1.165) is 12.8 Å². The zero-order valence-electron chi connectivity index (χ0n) is 14.0. The Kier molecular flexibility index (Phi) is 7.42. The number of halogens is 3. The Morgan fingerprint density at radius 2 is 2.19 bits per heavy atom. The number of nitrogens with zero attached hydrogens (tertiary/aromatic N) is 1. The van der Waals surface area contributed by atoms with E-state index in [1.54, 1.807) is 24.3 Å². The molecule has 2 unspecified atom stereocenters. The van der Waals surface area contributed by atoms with Gasteiger partial charge in [0.05, 0.1) is 6.04 Å². The van der Waals surface area contributed by atoms with Crippen LogP contribution in [-0.4, -0.2) is 24.1 Å². The number of alkyl halides is 2. The highest BCUT2D eigenvalue weighted by molar-refractivity contribution is 7.18. The topological polar surface area (TPSA) is 58.5 Å². The minimum atomic E-state index is -2.84. The van der Waals surface area contributed by atoms with Crippen molar-refractivity contribution in [2.45, 2.75) is 37.4 Å². The molecule has 0 aromatic heterocycles. The predicted molar refractivity (Wildman–Crippen MR) is 103 cm³/mol. The van der Waals surface area contributed by atoms with Crippen LogP contribution in [0.15, 0.2) is 35.3 Å². The number of carbonyl (C=O) groups excluding carboxylic acids is 2. The molecule has 2 atom stereocenters. The van der Waals surface area contributed by atoms with Crippen molar-refractivity contribution in [1.29, 1.82) is 0 Å². The lowest BCUT2D eigenvalue weighted by molar-refractivity contribution is -0.117. The van der Waals surface area contributed by atoms with Crippen LogP contribution in [0.3, 0.4) is 0 Å². The van der Waals surface area contributed by atoms with E-state index in [9.17, 15) is 18.4 Å². The fraction of sp³-hybridized carbons (Fsp3) is 0.389. The third-order valence-corrected chi connectivity index (χ3v) is 4.31. The van der Waals surface area contributed by atoms with Gasteiger partial charge in [-0.25, -0.2) is 8.78 Å². The average Bonchev–Trinajstić information content (AvgIpc) is 3.39. The first-order chi connectivity index (χ1) is 12.3. The summed E-state index contributed by atoms with van der Waals surface area (Å²) in [6.07, 6.45) is 6.29. The second-order valence-corrected chi connectivity index (χ2v) is 7.37. The molecule has 1 aliphatic rings. The van der Waals surface area contributed by atoms with Gasteiger partial charge in [0, 0.05) is 34.8 Å². The summed E-state index contributed by atoms with van der Waals surface area (Å²) in [6.45, 7) is 0. The van der Waals surface area contributed by atoms with Crippen molar-refractivity contribution in [2.75, 3.05) is 5.32 Å². The molecule has 0 radical (unpaired) electrons. The number of hydrogen-bond acceptors (Lipinski definition) is 3. The molecule has 2 rings (SSSR count). The van der Waals surface area contributed by atoms with Gasteiger partial charge < -0.3 is 5.32 Å². The maximum Gasteiger partial charge on any atom is 0.259 e. The Labute approximate surface area is 158 Å². The normalized spacial score (nSPS) is 16.2. The minimum Gasteiger partial charge on any atom is -0.325 e. The van der Waals surface area contributed by atoms with Crippen LogP contribution in [0.2, 0.25) is 5.02 Å². The number of aldehydes is 1. The molecule has 1 saturated carbocycles. The molecular formula is C18H20ClF2N2O2P. The third-order valence-electron chi connectivity index (χ3n) is 3.78. The predicted octanol–water partition coefficient (Wildman–Crippen LogP) is 4.80. The largest absolute Gasteiger partial charge is 0.325 e. The molecule has 1 amide bonds. The number of hydrogen-bond donors (Lipinski definition) is 1. The summed E-state index contributed by atoms with van der Waals surface area (Å²) in [5.41, 5.74) is -1.71. The summed E-state index contributed by atoms with van der Waals surface area (Å²) in [5, 5.41) is 3.29. The molecule has 8 heteroatoms. The molecule has 0 bridgehead atoms. The average molecular weight is 401 g/mol. The maximum absolute atomic E-state index is 12.9. The number of carbonyl (C=O) groups is 2. The zero-order chi connectivity index (χ0) is 19.2. The van der Waals surface area contributed by atoms with Crippen molar-refractivity contribution in [1.82, 2.24) is 0 Å². The van der Waals surface area contributed by atoms with Crippen molar-refractivity contribution in [2.24, 2.45) is 10.9 Å². The molecular weight excluding hydrogens is 381 g/mol. The molecule has 26 heavy (non-hydrogen) atoms. The van der Waals surface area contributed by atoms with E-state index in [4.69, 9.17) is 11.6 Å². The van der Waals surface area contributed by atoms with Crippen molar-refractivity contribution in [3.8, 4) is 0 Å². The SMILES string of the molecule is O=CC=CC(/N=C/CCC(F)(F)P)c1ccc(Cl)cc1NC(=O)C1CC1. The second kappa shape index (κ2) is 9.33. The van der Waals surface area contributed by atoms with Gasteiger partial charge in [-0.05, 0) is 37.5 Å². The first-order valence-corrected chi connectivity index (χ1v) is 9.16. The second-order valence-electron chi connectivity index (χ2n) is 6.09. The van der Waals surface area contributed by atoms with E-state index in [2.05, 4.69) is 10.3 Å². The molecule has 4 nitrogen and oxygen atoms in total. The van der Waals surface area contributed by atoms with Crippen LogP contribution in [0.4, 0.5) is 14.5 Å². The Balaban J connectivity index is 2.22. The number of amides is 1. The molecule has 1 aliphatic carbocycles. The Hall–Kier alpha value is -1.65. The molecule has 0 aliphatic heterocycles. The summed E-state index contributed by atoms with van der Waals surface area (Å²) < 4.78 is 25.8. The van der Waals surface area contributed by atoms with E-state index in [1.165, 1.54) is 21.5 Å². The molecule has 1 aromatic rings. The van der Waals surface area contributed by atoms with Crippen molar-refractivity contribution in [3.63, 3.8) is 0 Å². The standard InChI is InChI=1S/C18H20ClF2N2O2P/c19-13-6-7-14(16(11-13)23-17(25)12-4-5-12)15(3-1-10-24)22-9-2-8-18(20,21)26/h1,3,6-7,9-12,15H,2,4-5,8,26H2,(H,23,25)/b3-1?,22-9+. The molecule has 1 fully saturated rings. The van der Waals surface area contributed by atoms with Gasteiger partial charge in [0.1, 0.15) is 6.29 Å². The summed E-state index contributed by atoms with van der Waals surface area (Å²) in [4.78, 5) is 27.1. The number of aliphatic imine (C=N–C) groups is 1. The zero-order valence-corrected chi connectivity index (χ0v) is 15.9. The summed E-state index contributed by atoms with van der Waals surface area (Å²) in [5.74, 6) is -0.0724. The van der Waals surface area contributed by atoms with Crippen LogP contribution in [0.25, 0.3) is 0 Å². The first kappa shape index (κ1) is 20.7. The summed E-state index contributed by atoms with van der Waals surface area (Å²) in [7, 11) is 1.49. The van der Waals surface area contributed by atoms with Crippen molar-refractivity contribution >= 4 is 44.9 Å². The highest BCUT2D eigenvalue weighted by atomic mass is 35.5. The van der Waals surface area contributed by atoms with Crippen LogP contribution in [0.1, 0.15) is 37.3 Å². The minimum absolute atomic E-state index is 0.0126. The fourth-order valence-electron chi connectivity index (χ4n) is 2.30. The van der Waals surface area contributed by atoms with Gasteiger partial charge in [0.2, 0.25) is 5.91 Å². The quantitative estimate of drug-likeness (QED) is 0.280. The van der Waals surface area contributed by atoms with E-state index >= 15 is 0 Å². The Morgan fingerprint density at radius 1 is 1.46 bits per heavy atom. The number of benzene rings is 1. The van der Waals surface area contributed by atoms with E-state index in [1.807, 2.05) is 0 Å². The Bertz CT molecular complexity index is 716. The van der Waals surface area contributed by atoms with Crippen molar-refractivity contribution in [3.05, 3.63) is 40.9 Å². The highest BCUT2D eigenvalue weighted by Gasteiger charge is 2.30. The molecule has 1 aromatic carbocycles.